The van der Waals surface area contributed by atoms with Crippen molar-refractivity contribution in [3.63, 3.8) is 0 Å². The van der Waals surface area contributed by atoms with E-state index in [1.807, 2.05) is 0 Å². The van der Waals surface area contributed by atoms with Gasteiger partial charge in [-0.2, -0.15) is 0 Å². The van der Waals surface area contributed by atoms with E-state index in [2.05, 4.69) is 7.70 Å². The Labute approximate surface area is 74.7 Å². The summed E-state index contributed by atoms with van der Waals surface area (Å²) in [5.74, 6) is -0.602. The van der Waals surface area contributed by atoms with Gasteiger partial charge in [-0.3, -0.25) is 7.70 Å². The van der Waals surface area contributed by atoms with Gasteiger partial charge in [-0.15, -0.1) is 0 Å². The Hall–Kier alpha value is -0.474. The maximum absolute atomic E-state index is 9.43. The molecule has 10 heavy (non-hydrogen) atoms. The standard InChI is InChI=1S/CO3S.CH2O3.Mg/c2-1-3-5-4-1;2-1(3)4;/h;(H2,2,3,4);/q;;+2/p-2. The molecule has 52 valence electrons. The maximum Gasteiger partial charge on any atom is 2.00 e. The molecule has 0 fully saturated rings. The van der Waals surface area contributed by atoms with Crippen LogP contribution in [-0.4, -0.2) is 29.2 Å². The van der Waals surface area contributed by atoms with Crippen LogP contribution in [0.25, 0.3) is 0 Å². The van der Waals surface area contributed by atoms with Crippen LogP contribution in [0.1, 0.15) is 0 Å². The summed E-state index contributed by atoms with van der Waals surface area (Å²) in [7, 11) is 0. The molecule has 1 aromatic rings. The van der Waals surface area contributed by atoms with Crippen molar-refractivity contribution < 1.29 is 22.7 Å². The van der Waals surface area contributed by atoms with E-state index in [1.54, 1.807) is 0 Å². The van der Waals surface area contributed by atoms with E-state index in [9.17, 15) is 4.79 Å². The molecule has 0 radical (unpaired) electrons. The number of hydrogen-bond donors (Lipinski definition) is 0. The molecule has 0 amide bonds. The quantitative estimate of drug-likeness (QED) is 0.403. The van der Waals surface area contributed by atoms with E-state index < -0.39 is 12.0 Å². The molecule has 0 atom stereocenters. The first-order chi connectivity index (χ1) is 4.13. The molecule has 0 aliphatic carbocycles. The predicted octanol–water partition coefficient (Wildman–Crippen LogP) is -2.53. The second-order valence-corrected chi connectivity index (χ2v) is 1.20. The molecule has 8 heteroatoms. The fraction of sp³-hybridized carbons (Fsp3) is 0. The van der Waals surface area contributed by atoms with E-state index in [4.69, 9.17) is 15.0 Å². The van der Waals surface area contributed by atoms with Crippen molar-refractivity contribution in [3.05, 3.63) is 10.6 Å². The summed E-state index contributed by atoms with van der Waals surface area (Å²) in [5, 5.41) is 16.7. The molecule has 0 aliphatic heterocycles. The summed E-state index contributed by atoms with van der Waals surface area (Å²) >= 11 is 0.696. The van der Waals surface area contributed by atoms with Crippen LogP contribution in [0.3, 0.4) is 0 Å². The summed E-state index contributed by atoms with van der Waals surface area (Å²) < 4.78 is 7.97. The van der Waals surface area contributed by atoms with Crippen molar-refractivity contribution in [2.45, 2.75) is 0 Å². The van der Waals surface area contributed by atoms with E-state index in [1.165, 1.54) is 0 Å². The molecule has 1 aromatic heterocycles. The molecule has 0 saturated carbocycles. The van der Waals surface area contributed by atoms with E-state index >= 15 is 0 Å². The van der Waals surface area contributed by atoms with Crippen LogP contribution in [0.2, 0.25) is 0 Å². The molecule has 1 heterocycles. The smallest absolute Gasteiger partial charge is 0.652 e. The van der Waals surface area contributed by atoms with Crippen LogP contribution >= 0.6 is 11.9 Å². The van der Waals surface area contributed by atoms with Crippen molar-refractivity contribution in [2.75, 3.05) is 0 Å². The van der Waals surface area contributed by atoms with Crippen LogP contribution < -0.4 is 16.0 Å². The Morgan fingerprint density at radius 2 is 1.60 bits per heavy atom. The third-order valence-electron chi connectivity index (χ3n) is 0.204. The monoisotopic (exact) mass is 176 g/mol. The summed E-state index contributed by atoms with van der Waals surface area (Å²) in [5.41, 5.74) is 0. The third kappa shape index (κ3) is 10.5. The summed E-state index contributed by atoms with van der Waals surface area (Å²) in [6, 6.07) is 0. The fourth-order valence-electron chi connectivity index (χ4n) is 0.0618. The Balaban J connectivity index is 0. The Morgan fingerprint density at radius 3 is 1.60 bits per heavy atom. The Morgan fingerprint density at radius 1 is 1.40 bits per heavy atom. The first kappa shape index (κ1) is 12.2. The zero-order valence-corrected chi connectivity index (χ0v) is 6.80. The largest absolute Gasteiger partial charge is 2.00 e. The van der Waals surface area contributed by atoms with E-state index in [-0.39, 0.29) is 23.1 Å². The molecule has 0 aromatic carbocycles. The van der Waals surface area contributed by atoms with Crippen LogP contribution in [0.15, 0.2) is 12.5 Å². The zero-order chi connectivity index (χ0) is 7.28. The molecule has 0 unspecified atom stereocenters. The molecule has 0 N–H and O–H groups in total. The van der Waals surface area contributed by atoms with Crippen molar-refractivity contribution in [1.29, 1.82) is 0 Å². The normalized spacial score (nSPS) is 6.80. The molecule has 1 rings (SSSR count). The van der Waals surface area contributed by atoms with E-state index in [0.29, 0.717) is 11.9 Å². The average Bonchev–Trinajstić information content (AvgIpc) is 1.59. The minimum Gasteiger partial charge on any atom is -0.652 e. The predicted molar refractivity (Wildman–Crippen MR) is 26.3 cm³/mol. The molecule has 0 bridgehead atoms. The van der Waals surface area contributed by atoms with Gasteiger partial charge in [0, 0.05) is 0 Å². The summed E-state index contributed by atoms with van der Waals surface area (Å²) in [6.45, 7) is 0. The Kier molecular flexibility index (Phi) is 8.12. The number of carbonyl (C=O) groups excluding carboxylic acids is 1. The molecule has 0 saturated heterocycles. The minimum atomic E-state index is -2.33. The zero-order valence-electron chi connectivity index (χ0n) is 4.56. The van der Waals surface area contributed by atoms with Gasteiger partial charge in [-0.1, -0.05) is 0 Å². The molecule has 0 spiro atoms. The minimum absolute atomic E-state index is 0. The van der Waals surface area contributed by atoms with Gasteiger partial charge < -0.3 is 15.0 Å². The number of rotatable bonds is 0. The second kappa shape index (κ2) is 6.64. The number of hydrogen-bond acceptors (Lipinski definition) is 7. The third-order valence-corrected chi connectivity index (χ3v) is 0.612. The molecular formula is C2MgO6S. The van der Waals surface area contributed by atoms with Gasteiger partial charge in [-0.05, 0) is 6.16 Å². The van der Waals surface area contributed by atoms with Crippen LogP contribution in [-0.2, 0) is 0 Å². The van der Waals surface area contributed by atoms with Crippen LogP contribution in [0, 0.1) is 0 Å². The fourth-order valence-corrected chi connectivity index (χ4v) is 0.185. The van der Waals surface area contributed by atoms with Crippen LogP contribution in [0.4, 0.5) is 4.79 Å². The van der Waals surface area contributed by atoms with Gasteiger partial charge >= 0.3 is 28.9 Å². The topological polar surface area (TPSA) is 107 Å². The van der Waals surface area contributed by atoms with Crippen molar-refractivity contribution in [1.82, 2.24) is 0 Å². The van der Waals surface area contributed by atoms with Gasteiger partial charge in [0.1, 0.15) is 0 Å². The van der Waals surface area contributed by atoms with Gasteiger partial charge in [-0.25, -0.2) is 4.79 Å². The van der Waals surface area contributed by atoms with Crippen molar-refractivity contribution >= 4 is 41.1 Å². The van der Waals surface area contributed by atoms with Crippen molar-refractivity contribution in [3.8, 4) is 0 Å². The number of carboxylic acid groups (broad SMARTS) is 2. The van der Waals surface area contributed by atoms with Crippen molar-refractivity contribution in [2.24, 2.45) is 0 Å². The first-order valence-electron chi connectivity index (χ1n) is 1.56. The molecular weight excluding hydrogens is 176 g/mol. The van der Waals surface area contributed by atoms with Gasteiger partial charge in [0.2, 0.25) is 0 Å². The van der Waals surface area contributed by atoms with E-state index in [0.717, 1.165) is 0 Å². The second-order valence-electron chi connectivity index (χ2n) is 0.735. The maximum atomic E-state index is 9.43. The van der Waals surface area contributed by atoms with Gasteiger partial charge in [0.05, 0.1) is 0 Å². The Bertz CT molecular complexity index is 192. The number of carbonyl (C=O) groups is 1. The van der Waals surface area contributed by atoms with Crippen LogP contribution in [0.5, 0.6) is 0 Å². The average molecular weight is 176 g/mol. The summed E-state index contributed by atoms with van der Waals surface area (Å²) in [4.78, 5) is 17.8. The van der Waals surface area contributed by atoms with Gasteiger partial charge in [0.15, 0.2) is 0 Å². The van der Waals surface area contributed by atoms with Gasteiger partial charge in [0.25, 0.3) is 11.9 Å². The SMILES string of the molecule is O=C([O-])[O-].O=c1oso1.[Mg+2]. The first-order valence-corrected chi connectivity index (χ1v) is 2.22. The molecule has 0 aliphatic rings. The molecule has 6 nitrogen and oxygen atoms in total. The summed E-state index contributed by atoms with van der Waals surface area (Å²) in [6.07, 6.45) is -2.33.